The summed E-state index contributed by atoms with van der Waals surface area (Å²) in [5, 5.41) is 2.63. The Kier molecular flexibility index (Phi) is 4.50. The van der Waals surface area contributed by atoms with E-state index in [4.69, 9.17) is 9.47 Å². The van der Waals surface area contributed by atoms with Gasteiger partial charge < -0.3 is 19.7 Å². The van der Waals surface area contributed by atoms with Crippen LogP contribution < -0.4 is 14.8 Å². The summed E-state index contributed by atoms with van der Waals surface area (Å²) in [6, 6.07) is 5.14. The Balaban J connectivity index is 1.71. The summed E-state index contributed by atoms with van der Waals surface area (Å²) in [5.74, 6) is 1.15. The van der Waals surface area contributed by atoms with E-state index in [1.807, 2.05) is 18.2 Å². The fraction of sp³-hybridized carbons (Fsp3) is 0.412. The van der Waals surface area contributed by atoms with Gasteiger partial charge in [0.25, 0.3) is 0 Å². The summed E-state index contributed by atoms with van der Waals surface area (Å²) in [5.41, 5.74) is 0.858. The zero-order valence-electron chi connectivity index (χ0n) is 13.1. The van der Waals surface area contributed by atoms with Crippen molar-refractivity contribution in [1.82, 2.24) is 10.2 Å². The normalized spacial score (nSPS) is 19.9. The summed E-state index contributed by atoms with van der Waals surface area (Å²) in [4.78, 5) is 26.0. The van der Waals surface area contributed by atoms with Crippen LogP contribution in [0.2, 0.25) is 0 Å². The van der Waals surface area contributed by atoms with Crippen molar-refractivity contribution < 1.29 is 19.1 Å². The first kappa shape index (κ1) is 15.4. The molecular weight excluding hydrogens is 296 g/mol. The molecule has 1 N–H and O–H groups in total. The molecule has 122 valence electrons. The molecule has 23 heavy (non-hydrogen) atoms. The highest BCUT2D eigenvalue weighted by Crippen LogP contribution is 2.32. The van der Waals surface area contributed by atoms with Gasteiger partial charge in [-0.2, -0.15) is 0 Å². The van der Waals surface area contributed by atoms with Gasteiger partial charge in [-0.05, 0) is 43.0 Å². The highest BCUT2D eigenvalue weighted by Gasteiger charge is 2.30. The quantitative estimate of drug-likeness (QED) is 0.859. The van der Waals surface area contributed by atoms with Crippen molar-refractivity contribution in [1.29, 1.82) is 0 Å². The summed E-state index contributed by atoms with van der Waals surface area (Å²) in [6.07, 6.45) is 5.85. The molecule has 0 bridgehead atoms. The highest BCUT2D eigenvalue weighted by atomic mass is 16.7. The van der Waals surface area contributed by atoms with Crippen LogP contribution in [0.25, 0.3) is 6.08 Å². The molecule has 3 rings (SSSR count). The van der Waals surface area contributed by atoms with Crippen LogP contribution in [0.5, 0.6) is 11.5 Å². The SMILES string of the molecule is CNC(=O)[C@H]1CCCCN1C(=O)/C=C\c1ccc2c(c1)OCO2. The number of piperidine rings is 1. The fourth-order valence-corrected chi connectivity index (χ4v) is 2.91. The van der Waals surface area contributed by atoms with Crippen LogP contribution >= 0.6 is 0 Å². The lowest BCUT2D eigenvalue weighted by molar-refractivity contribution is -0.138. The number of rotatable bonds is 3. The number of hydrogen-bond acceptors (Lipinski definition) is 4. The second-order valence-electron chi connectivity index (χ2n) is 5.60. The molecule has 2 aliphatic rings. The van der Waals surface area contributed by atoms with E-state index in [1.54, 1.807) is 18.0 Å². The molecule has 0 unspecified atom stereocenters. The minimum absolute atomic E-state index is 0.102. The van der Waals surface area contributed by atoms with Crippen LogP contribution in [0.3, 0.4) is 0 Å². The number of ether oxygens (including phenoxy) is 2. The molecule has 6 nitrogen and oxygen atoms in total. The van der Waals surface area contributed by atoms with Gasteiger partial charge in [0, 0.05) is 19.7 Å². The fourth-order valence-electron chi connectivity index (χ4n) is 2.91. The summed E-state index contributed by atoms with van der Waals surface area (Å²) < 4.78 is 10.6. The molecule has 2 aliphatic heterocycles. The largest absolute Gasteiger partial charge is 0.454 e. The second kappa shape index (κ2) is 6.73. The maximum atomic E-state index is 12.4. The molecule has 0 aliphatic carbocycles. The lowest BCUT2D eigenvalue weighted by Gasteiger charge is -2.33. The smallest absolute Gasteiger partial charge is 0.247 e. The number of benzene rings is 1. The van der Waals surface area contributed by atoms with Gasteiger partial charge in [0.1, 0.15) is 6.04 Å². The van der Waals surface area contributed by atoms with E-state index in [0.717, 1.165) is 18.4 Å². The Bertz CT molecular complexity index is 641. The van der Waals surface area contributed by atoms with E-state index in [9.17, 15) is 9.59 Å². The van der Waals surface area contributed by atoms with Crippen molar-refractivity contribution in [3.8, 4) is 11.5 Å². The average molecular weight is 316 g/mol. The summed E-state index contributed by atoms with van der Waals surface area (Å²) in [7, 11) is 1.60. The topological polar surface area (TPSA) is 67.9 Å². The van der Waals surface area contributed by atoms with Gasteiger partial charge in [-0.15, -0.1) is 0 Å². The molecular formula is C17H20N2O4. The van der Waals surface area contributed by atoms with E-state index in [-0.39, 0.29) is 24.6 Å². The molecule has 1 fully saturated rings. The first-order valence-corrected chi connectivity index (χ1v) is 7.79. The van der Waals surface area contributed by atoms with Crippen molar-refractivity contribution in [2.24, 2.45) is 0 Å². The third kappa shape index (κ3) is 3.31. The summed E-state index contributed by atoms with van der Waals surface area (Å²) >= 11 is 0. The van der Waals surface area contributed by atoms with Gasteiger partial charge in [0.2, 0.25) is 18.6 Å². The van der Waals surface area contributed by atoms with Gasteiger partial charge in [-0.3, -0.25) is 9.59 Å². The molecule has 0 spiro atoms. The number of nitrogens with zero attached hydrogens (tertiary/aromatic N) is 1. The highest BCUT2D eigenvalue weighted by molar-refractivity contribution is 5.95. The lowest BCUT2D eigenvalue weighted by atomic mass is 10.0. The Morgan fingerprint density at radius 1 is 1.26 bits per heavy atom. The third-order valence-corrected chi connectivity index (χ3v) is 4.15. The monoisotopic (exact) mass is 316 g/mol. The van der Waals surface area contributed by atoms with Gasteiger partial charge in [0.05, 0.1) is 0 Å². The first-order valence-electron chi connectivity index (χ1n) is 7.79. The maximum absolute atomic E-state index is 12.4. The van der Waals surface area contributed by atoms with Crippen molar-refractivity contribution in [2.75, 3.05) is 20.4 Å². The first-order chi connectivity index (χ1) is 11.2. The third-order valence-electron chi connectivity index (χ3n) is 4.15. The van der Waals surface area contributed by atoms with Crippen LogP contribution in [-0.2, 0) is 9.59 Å². The van der Waals surface area contributed by atoms with E-state index < -0.39 is 0 Å². The Labute approximate surface area is 135 Å². The number of amides is 2. The molecule has 0 aromatic heterocycles. The Morgan fingerprint density at radius 3 is 2.91 bits per heavy atom. The van der Waals surface area contributed by atoms with Gasteiger partial charge in [0.15, 0.2) is 11.5 Å². The number of hydrogen-bond donors (Lipinski definition) is 1. The molecule has 2 amide bonds. The molecule has 6 heteroatoms. The van der Waals surface area contributed by atoms with Crippen molar-refractivity contribution >= 4 is 17.9 Å². The van der Waals surface area contributed by atoms with Crippen LogP contribution in [0.4, 0.5) is 0 Å². The predicted molar refractivity (Wildman–Crippen MR) is 85.0 cm³/mol. The molecule has 2 heterocycles. The average Bonchev–Trinajstić information content (AvgIpc) is 3.06. The minimum atomic E-state index is -0.373. The number of nitrogens with one attached hydrogen (secondary N) is 1. The zero-order chi connectivity index (χ0) is 16.2. The molecule has 1 atom stereocenters. The zero-order valence-corrected chi connectivity index (χ0v) is 13.1. The number of carbonyl (C=O) groups is 2. The minimum Gasteiger partial charge on any atom is -0.454 e. The number of fused-ring (bicyclic) bond motifs is 1. The van der Waals surface area contributed by atoms with Crippen molar-refractivity contribution in [3.63, 3.8) is 0 Å². The van der Waals surface area contributed by atoms with Crippen LogP contribution in [0.15, 0.2) is 24.3 Å². The van der Waals surface area contributed by atoms with E-state index in [0.29, 0.717) is 24.5 Å². The Hall–Kier alpha value is -2.50. The van der Waals surface area contributed by atoms with Crippen LogP contribution in [-0.4, -0.2) is 43.1 Å². The lowest BCUT2D eigenvalue weighted by Crippen LogP contribution is -2.50. The summed E-state index contributed by atoms with van der Waals surface area (Å²) in [6.45, 7) is 0.839. The molecule has 1 aromatic rings. The van der Waals surface area contributed by atoms with Crippen molar-refractivity contribution in [2.45, 2.75) is 25.3 Å². The molecule has 0 saturated carbocycles. The molecule has 0 radical (unpaired) electrons. The molecule has 1 aromatic carbocycles. The number of carbonyl (C=O) groups excluding carboxylic acids is 2. The van der Waals surface area contributed by atoms with Crippen molar-refractivity contribution in [3.05, 3.63) is 29.8 Å². The van der Waals surface area contributed by atoms with Gasteiger partial charge in [-0.1, -0.05) is 6.07 Å². The van der Waals surface area contributed by atoms with Gasteiger partial charge in [-0.25, -0.2) is 0 Å². The predicted octanol–water partition coefficient (Wildman–Crippen LogP) is 1.56. The maximum Gasteiger partial charge on any atom is 0.247 e. The Morgan fingerprint density at radius 2 is 2.09 bits per heavy atom. The van der Waals surface area contributed by atoms with Crippen LogP contribution in [0.1, 0.15) is 24.8 Å². The number of likely N-dealkylation sites (N-methyl/N-ethyl adjacent to an activating group) is 1. The van der Waals surface area contributed by atoms with E-state index >= 15 is 0 Å². The standard InChI is InChI=1S/C17H20N2O4/c1-18-17(21)13-4-2-3-9-19(13)16(20)8-6-12-5-7-14-15(10-12)23-11-22-14/h5-8,10,13H,2-4,9,11H2,1H3,(H,18,21)/b8-6-/t13-/m1/s1. The van der Waals surface area contributed by atoms with E-state index in [1.165, 1.54) is 6.08 Å². The molecule has 1 saturated heterocycles. The van der Waals surface area contributed by atoms with Crippen LogP contribution in [0, 0.1) is 0 Å². The number of likely N-dealkylation sites (tertiary alicyclic amines) is 1. The van der Waals surface area contributed by atoms with E-state index in [2.05, 4.69) is 5.32 Å². The van der Waals surface area contributed by atoms with Gasteiger partial charge >= 0.3 is 0 Å². The second-order valence-corrected chi connectivity index (χ2v) is 5.60.